The molecule has 1 heterocycles. The van der Waals surface area contributed by atoms with Gasteiger partial charge in [0, 0.05) is 12.5 Å². The van der Waals surface area contributed by atoms with Crippen LogP contribution in [-0.2, 0) is 6.54 Å². The van der Waals surface area contributed by atoms with Gasteiger partial charge in [0.25, 0.3) is 5.91 Å². The maximum atomic E-state index is 13.4. The number of aromatic nitrogens is 3. The van der Waals surface area contributed by atoms with Crippen LogP contribution >= 0.6 is 0 Å². The third kappa shape index (κ3) is 2.68. The van der Waals surface area contributed by atoms with Gasteiger partial charge in [-0.3, -0.25) is 9.89 Å². The molecule has 1 saturated carbocycles. The maximum absolute atomic E-state index is 13.4. The van der Waals surface area contributed by atoms with Crippen molar-refractivity contribution in [1.29, 1.82) is 0 Å². The third-order valence-electron chi connectivity index (χ3n) is 3.36. The Morgan fingerprint density at radius 2 is 2.30 bits per heavy atom. The van der Waals surface area contributed by atoms with Crippen molar-refractivity contribution < 1.29 is 9.18 Å². The van der Waals surface area contributed by atoms with Gasteiger partial charge in [0.1, 0.15) is 11.6 Å². The predicted molar refractivity (Wildman–Crippen MR) is 70.7 cm³/mol. The molecule has 2 N–H and O–H groups in total. The molecule has 6 heteroatoms. The van der Waals surface area contributed by atoms with Crippen molar-refractivity contribution in [1.82, 2.24) is 20.5 Å². The van der Waals surface area contributed by atoms with Gasteiger partial charge < -0.3 is 5.32 Å². The van der Waals surface area contributed by atoms with Gasteiger partial charge in [0.2, 0.25) is 5.82 Å². The molecule has 1 aliphatic carbocycles. The summed E-state index contributed by atoms with van der Waals surface area (Å²) in [5, 5.41) is 9.36. The molecule has 1 aromatic carbocycles. The summed E-state index contributed by atoms with van der Waals surface area (Å²) in [5.41, 5.74) is 1.29. The largest absolute Gasteiger partial charge is 0.345 e. The van der Waals surface area contributed by atoms with Gasteiger partial charge in [0.15, 0.2) is 0 Å². The molecule has 1 fully saturated rings. The monoisotopic (exact) mass is 274 g/mol. The van der Waals surface area contributed by atoms with Crippen molar-refractivity contribution in [2.75, 3.05) is 0 Å². The van der Waals surface area contributed by atoms with Crippen molar-refractivity contribution in [2.24, 2.45) is 0 Å². The van der Waals surface area contributed by atoms with Crippen LogP contribution in [-0.4, -0.2) is 21.1 Å². The summed E-state index contributed by atoms with van der Waals surface area (Å²) in [7, 11) is 0. The Labute approximate surface area is 115 Å². The van der Waals surface area contributed by atoms with E-state index in [0.717, 1.165) is 18.7 Å². The van der Waals surface area contributed by atoms with Gasteiger partial charge >= 0.3 is 0 Å². The molecule has 0 unspecified atom stereocenters. The molecule has 0 spiro atoms. The number of H-pyrrole nitrogens is 1. The lowest BCUT2D eigenvalue weighted by molar-refractivity contribution is 0.0941. The molecule has 0 atom stereocenters. The van der Waals surface area contributed by atoms with Crippen molar-refractivity contribution in [3.05, 3.63) is 46.8 Å². The normalized spacial score (nSPS) is 14.3. The number of carbonyl (C=O) groups is 1. The summed E-state index contributed by atoms with van der Waals surface area (Å²) in [5.74, 6) is 0.714. The van der Waals surface area contributed by atoms with Gasteiger partial charge in [-0.1, -0.05) is 12.1 Å². The molecule has 20 heavy (non-hydrogen) atoms. The second-order valence-electron chi connectivity index (χ2n) is 5.08. The minimum absolute atomic E-state index is 0.138. The third-order valence-corrected chi connectivity index (χ3v) is 3.36. The first-order chi connectivity index (χ1) is 9.63. The van der Waals surface area contributed by atoms with E-state index in [4.69, 9.17) is 0 Å². The lowest BCUT2D eigenvalue weighted by Crippen LogP contribution is -2.24. The standard InChI is InChI=1S/C14H15FN4O/c1-8-2-3-9(6-11(8)15)7-16-14(20)13-17-12(18-19-13)10-4-5-10/h2-3,6,10H,4-5,7H2,1H3,(H,16,20)(H,17,18,19). The lowest BCUT2D eigenvalue weighted by Gasteiger charge is -2.04. The van der Waals surface area contributed by atoms with E-state index in [9.17, 15) is 9.18 Å². The highest BCUT2D eigenvalue weighted by Gasteiger charge is 2.28. The average molecular weight is 274 g/mol. The molecule has 1 amide bonds. The molecular formula is C14H15FN4O. The van der Waals surface area contributed by atoms with E-state index >= 15 is 0 Å². The summed E-state index contributed by atoms with van der Waals surface area (Å²) < 4.78 is 13.4. The van der Waals surface area contributed by atoms with Crippen LogP contribution in [0.2, 0.25) is 0 Å². The number of hydrogen-bond acceptors (Lipinski definition) is 3. The van der Waals surface area contributed by atoms with Crippen LogP contribution in [0, 0.1) is 12.7 Å². The second-order valence-corrected chi connectivity index (χ2v) is 5.08. The van der Waals surface area contributed by atoms with Crippen LogP contribution in [0.4, 0.5) is 4.39 Å². The number of halogens is 1. The molecule has 3 rings (SSSR count). The topological polar surface area (TPSA) is 70.7 Å². The Bertz CT molecular complexity index is 648. The minimum atomic E-state index is -0.353. The quantitative estimate of drug-likeness (QED) is 0.896. The number of nitrogens with zero attached hydrogens (tertiary/aromatic N) is 2. The van der Waals surface area contributed by atoms with Crippen LogP contribution in [0.3, 0.4) is 0 Å². The Hall–Kier alpha value is -2.24. The van der Waals surface area contributed by atoms with Crippen molar-refractivity contribution in [2.45, 2.75) is 32.2 Å². The first-order valence-corrected chi connectivity index (χ1v) is 6.59. The summed E-state index contributed by atoms with van der Waals surface area (Å²) in [6, 6.07) is 4.89. The molecule has 0 aliphatic heterocycles. The van der Waals surface area contributed by atoms with Gasteiger partial charge in [-0.2, -0.15) is 0 Å². The first-order valence-electron chi connectivity index (χ1n) is 6.59. The minimum Gasteiger partial charge on any atom is -0.345 e. The highest BCUT2D eigenvalue weighted by molar-refractivity contribution is 5.90. The Kier molecular flexibility index (Phi) is 3.22. The number of benzene rings is 1. The number of aryl methyl sites for hydroxylation is 1. The average Bonchev–Trinajstić information content (AvgIpc) is 3.17. The molecule has 0 bridgehead atoms. The van der Waals surface area contributed by atoms with E-state index in [1.54, 1.807) is 19.1 Å². The van der Waals surface area contributed by atoms with E-state index in [2.05, 4.69) is 20.5 Å². The van der Waals surface area contributed by atoms with E-state index in [0.29, 0.717) is 17.0 Å². The molecular weight excluding hydrogens is 259 g/mol. The molecule has 0 saturated heterocycles. The number of nitrogens with one attached hydrogen (secondary N) is 2. The van der Waals surface area contributed by atoms with E-state index < -0.39 is 0 Å². The molecule has 1 aliphatic rings. The fourth-order valence-electron chi connectivity index (χ4n) is 1.92. The molecule has 5 nitrogen and oxygen atoms in total. The van der Waals surface area contributed by atoms with Crippen LogP contribution in [0.15, 0.2) is 18.2 Å². The van der Waals surface area contributed by atoms with E-state index in [1.165, 1.54) is 6.07 Å². The number of carbonyl (C=O) groups excluding carboxylic acids is 1. The number of hydrogen-bond donors (Lipinski definition) is 2. The van der Waals surface area contributed by atoms with Crippen LogP contribution < -0.4 is 5.32 Å². The van der Waals surface area contributed by atoms with Gasteiger partial charge in [-0.05, 0) is 37.0 Å². The predicted octanol–water partition coefficient (Wildman–Crippen LogP) is 2.06. The van der Waals surface area contributed by atoms with Crippen LogP contribution in [0.25, 0.3) is 0 Å². The van der Waals surface area contributed by atoms with Crippen molar-refractivity contribution >= 4 is 5.91 Å². The van der Waals surface area contributed by atoms with Crippen molar-refractivity contribution in [3.8, 4) is 0 Å². The Balaban J connectivity index is 1.61. The SMILES string of the molecule is Cc1ccc(CNC(=O)c2n[nH]c(C3CC3)n2)cc1F. The van der Waals surface area contributed by atoms with Crippen LogP contribution in [0.5, 0.6) is 0 Å². The zero-order valence-corrected chi connectivity index (χ0v) is 11.1. The zero-order chi connectivity index (χ0) is 14.1. The maximum Gasteiger partial charge on any atom is 0.291 e. The summed E-state index contributed by atoms with van der Waals surface area (Å²) in [6.45, 7) is 1.95. The van der Waals surface area contributed by atoms with Gasteiger partial charge in [-0.25, -0.2) is 9.37 Å². The molecule has 0 radical (unpaired) electrons. The highest BCUT2D eigenvalue weighted by atomic mass is 19.1. The molecule has 104 valence electrons. The first kappa shape index (κ1) is 12.8. The van der Waals surface area contributed by atoms with E-state index in [-0.39, 0.29) is 24.1 Å². The van der Waals surface area contributed by atoms with Crippen LogP contribution in [0.1, 0.15) is 46.3 Å². The molecule has 1 aromatic heterocycles. The number of amides is 1. The lowest BCUT2D eigenvalue weighted by atomic mass is 10.1. The summed E-state index contributed by atoms with van der Waals surface area (Å²) in [4.78, 5) is 16.0. The number of aromatic amines is 1. The van der Waals surface area contributed by atoms with Gasteiger partial charge in [-0.15, -0.1) is 5.10 Å². The fraction of sp³-hybridized carbons (Fsp3) is 0.357. The Morgan fingerprint density at radius 1 is 1.50 bits per heavy atom. The highest BCUT2D eigenvalue weighted by Crippen LogP contribution is 2.37. The second kappa shape index (κ2) is 5.03. The summed E-state index contributed by atoms with van der Waals surface area (Å²) in [6.07, 6.45) is 2.19. The Morgan fingerprint density at radius 3 is 3.00 bits per heavy atom. The smallest absolute Gasteiger partial charge is 0.291 e. The van der Waals surface area contributed by atoms with Crippen molar-refractivity contribution in [3.63, 3.8) is 0 Å². The molecule has 2 aromatic rings. The fourth-order valence-corrected chi connectivity index (χ4v) is 1.92. The summed E-state index contributed by atoms with van der Waals surface area (Å²) >= 11 is 0. The van der Waals surface area contributed by atoms with E-state index in [1.807, 2.05) is 0 Å². The number of rotatable bonds is 4. The zero-order valence-electron chi connectivity index (χ0n) is 11.1. The van der Waals surface area contributed by atoms with Gasteiger partial charge in [0.05, 0.1) is 0 Å².